The molecule has 2 unspecified atom stereocenters. The standard InChI is InChI=1S/C22H36N2O4S/c1-7-9-10-16(8-2)14-23-21(25)20-15-24(29(6,26)27)18-13-17(22(3,4)5)11-12-19(18)28-20/h11-13,16,20H,7-10,14-15H2,1-6H3,(H,23,25). The molecule has 7 heteroatoms. The summed E-state index contributed by atoms with van der Waals surface area (Å²) < 4.78 is 32.1. The zero-order valence-electron chi connectivity index (χ0n) is 18.6. The van der Waals surface area contributed by atoms with Crippen molar-refractivity contribution in [2.24, 2.45) is 5.92 Å². The van der Waals surface area contributed by atoms with E-state index in [1.165, 1.54) is 10.6 Å². The van der Waals surface area contributed by atoms with Gasteiger partial charge in [0.2, 0.25) is 10.0 Å². The maximum absolute atomic E-state index is 12.7. The number of carbonyl (C=O) groups is 1. The van der Waals surface area contributed by atoms with E-state index < -0.39 is 16.1 Å². The van der Waals surface area contributed by atoms with Gasteiger partial charge in [-0.3, -0.25) is 9.10 Å². The highest BCUT2D eigenvalue weighted by Crippen LogP contribution is 2.38. The molecule has 1 aromatic carbocycles. The van der Waals surface area contributed by atoms with Gasteiger partial charge in [0, 0.05) is 6.54 Å². The third-order valence-electron chi connectivity index (χ3n) is 5.50. The van der Waals surface area contributed by atoms with Crippen LogP contribution in [0.1, 0.15) is 65.9 Å². The lowest BCUT2D eigenvalue weighted by Crippen LogP contribution is -2.51. The molecule has 1 heterocycles. The lowest BCUT2D eigenvalue weighted by atomic mass is 9.86. The van der Waals surface area contributed by atoms with Crippen molar-refractivity contribution in [3.63, 3.8) is 0 Å². The second kappa shape index (κ2) is 9.37. The molecule has 1 aliphatic heterocycles. The first-order valence-corrected chi connectivity index (χ1v) is 12.4. The first-order chi connectivity index (χ1) is 13.5. The summed E-state index contributed by atoms with van der Waals surface area (Å²) in [7, 11) is -3.54. The van der Waals surface area contributed by atoms with Crippen LogP contribution in [0.5, 0.6) is 5.75 Å². The molecule has 6 nitrogen and oxygen atoms in total. The fourth-order valence-corrected chi connectivity index (χ4v) is 4.38. The number of benzene rings is 1. The SMILES string of the molecule is CCCCC(CC)CNC(=O)C1CN(S(C)(=O)=O)c2cc(C(C)(C)C)ccc2O1. The van der Waals surface area contributed by atoms with Crippen LogP contribution in [0, 0.1) is 5.92 Å². The fraction of sp³-hybridized carbons (Fsp3) is 0.682. The van der Waals surface area contributed by atoms with Crippen LogP contribution in [0.4, 0.5) is 5.69 Å². The fourth-order valence-electron chi connectivity index (χ4n) is 3.47. The molecule has 0 aliphatic carbocycles. The van der Waals surface area contributed by atoms with Gasteiger partial charge in [-0.2, -0.15) is 0 Å². The van der Waals surface area contributed by atoms with Crippen molar-refractivity contribution < 1.29 is 17.9 Å². The summed E-state index contributed by atoms with van der Waals surface area (Å²) in [5.74, 6) is 0.585. The molecule has 1 amide bonds. The predicted octanol–water partition coefficient (Wildman–Crippen LogP) is 3.84. The first-order valence-electron chi connectivity index (χ1n) is 10.5. The van der Waals surface area contributed by atoms with Gasteiger partial charge in [0.1, 0.15) is 5.75 Å². The molecule has 0 fully saturated rings. The first kappa shape index (κ1) is 23.5. The van der Waals surface area contributed by atoms with Crippen molar-refractivity contribution in [1.29, 1.82) is 0 Å². The summed E-state index contributed by atoms with van der Waals surface area (Å²) in [6.07, 6.45) is 4.65. The van der Waals surface area contributed by atoms with Gasteiger partial charge in [-0.1, -0.05) is 59.9 Å². The molecular formula is C22H36N2O4S. The Kier molecular flexibility index (Phi) is 7.60. The normalized spacial score (nSPS) is 18.0. The minimum Gasteiger partial charge on any atom is -0.476 e. The van der Waals surface area contributed by atoms with E-state index in [9.17, 15) is 13.2 Å². The van der Waals surface area contributed by atoms with Crippen molar-refractivity contribution in [3.8, 4) is 5.75 Å². The highest BCUT2D eigenvalue weighted by Gasteiger charge is 2.35. The lowest BCUT2D eigenvalue weighted by molar-refractivity contribution is -0.127. The number of carbonyl (C=O) groups excluding carboxylic acids is 1. The van der Waals surface area contributed by atoms with E-state index in [0.29, 0.717) is 23.9 Å². The maximum Gasteiger partial charge on any atom is 0.263 e. The van der Waals surface area contributed by atoms with Gasteiger partial charge in [-0.25, -0.2) is 8.42 Å². The Labute approximate surface area is 176 Å². The van der Waals surface area contributed by atoms with E-state index in [4.69, 9.17) is 4.74 Å². The van der Waals surface area contributed by atoms with E-state index in [1.807, 2.05) is 12.1 Å². The molecule has 2 atom stereocenters. The van der Waals surface area contributed by atoms with Gasteiger partial charge in [-0.15, -0.1) is 0 Å². The Morgan fingerprint density at radius 1 is 1.31 bits per heavy atom. The Hall–Kier alpha value is -1.76. The molecule has 0 aromatic heterocycles. The monoisotopic (exact) mass is 424 g/mol. The molecule has 0 saturated heterocycles. The highest BCUT2D eigenvalue weighted by molar-refractivity contribution is 7.92. The van der Waals surface area contributed by atoms with Crippen LogP contribution < -0.4 is 14.4 Å². The van der Waals surface area contributed by atoms with Crippen LogP contribution in [0.2, 0.25) is 0 Å². The number of rotatable bonds is 8. The van der Waals surface area contributed by atoms with Crippen LogP contribution in [-0.4, -0.2) is 39.8 Å². The van der Waals surface area contributed by atoms with Crippen molar-refractivity contribution in [2.75, 3.05) is 23.7 Å². The van der Waals surface area contributed by atoms with Gasteiger partial charge < -0.3 is 10.1 Å². The van der Waals surface area contributed by atoms with Gasteiger partial charge in [0.15, 0.2) is 6.10 Å². The number of fused-ring (bicyclic) bond motifs is 1. The number of nitrogens with one attached hydrogen (secondary N) is 1. The topological polar surface area (TPSA) is 75.7 Å². The van der Waals surface area contributed by atoms with E-state index in [2.05, 4.69) is 39.9 Å². The zero-order chi connectivity index (χ0) is 21.8. The van der Waals surface area contributed by atoms with Crippen molar-refractivity contribution in [1.82, 2.24) is 5.32 Å². The molecule has 0 spiro atoms. The molecular weight excluding hydrogens is 388 g/mol. The second-order valence-electron chi connectivity index (χ2n) is 8.99. The molecule has 29 heavy (non-hydrogen) atoms. The number of nitrogens with zero attached hydrogens (tertiary/aromatic N) is 1. The van der Waals surface area contributed by atoms with Crippen LogP contribution >= 0.6 is 0 Å². The number of sulfonamides is 1. The number of ether oxygens (including phenoxy) is 1. The predicted molar refractivity (Wildman–Crippen MR) is 118 cm³/mol. The summed E-state index contributed by atoms with van der Waals surface area (Å²) in [6.45, 7) is 11.1. The number of unbranched alkanes of at least 4 members (excludes halogenated alkanes) is 1. The third-order valence-corrected chi connectivity index (χ3v) is 6.64. The number of hydrogen-bond acceptors (Lipinski definition) is 4. The highest BCUT2D eigenvalue weighted by atomic mass is 32.2. The molecule has 1 aromatic rings. The number of amides is 1. The van der Waals surface area contributed by atoms with Crippen molar-refractivity contribution in [3.05, 3.63) is 23.8 Å². The summed E-state index contributed by atoms with van der Waals surface area (Å²) >= 11 is 0. The largest absolute Gasteiger partial charge is 0.476 e. The summed E-state index contributed by atoms with van der Waals surface area (Å²) in [4.78, 5) is 12.7. The Morgan fingerprint density at radius 3 is 2.55 bits per heavy atom. The third kappa shape index (κ3) is 6.11. The van der Waals surface area contributed by atoms with Crippen molar-refractivity contribution >= 4 is 21.6 Å². The molecule has 0 bridgehead atoms. The smallest absolute Gasteiger partial charge is 0.263 e. The van der Waals surface area contributed by atoms with E-state index in [0.717, 1.165) is 31.2 Å². The average Bonchev–Trinajstić information content (AvgIpc) is 2.65. The van der Waals surface area contributed by atoms with Crippen molar-refractivity contribution in [2.45, 2.75) is 71.8 Å². The summed E-state index contributed by atoms with van der Waals surface area (Å²) in [5, 5.41) is 2.97. The minimum absolute atomic E-state index is 0.0169. The van der Waals surface area contributed by atoms with Gasteiger partial charge in [0.05, 0.1) is 18.5 Å². The molecule has 0 radical (unpaired) electrons. The van der Waals surface area contributed by atoms with Crippen LogP contribution in [0.3, 0.4) is 0 Å². The summed E-state index contributed by atoms with van der Waals surface area (Å²) in [6, 6.07) is 5.55. The number of anilines is 1. The second-order valence-corrected chi connectivity index (χ2v) is 10.9. The van der Waals surface area contributed by atoms with Gasteiger partial charge >= 0.3 is 0 Å². The molecule has 0 saturated carbocycles. The summed E-state index contributed by atoms with van der Waals surface area (Å²) in [5.41, 5.74) is 1.39. The van der Waals surface area contributed by atoms with E-state index in [-0.39, 0.29) is 17.9 Å². The molecule has 164 valence electrons. The molecule has 1 aliphatic rings. The number of hydrogen-bond donors (Lipinski definition) is 1. The minimum atomic E-state index is -3.54. The van der Waals surface area contributed by atoms with Crippen LogP contribution in [-0.2, 0) is 20.2 Å². The van der Waals surface area contributed by atoms with E-state index in [1.54, 1.807) is 6.07 Å². The zero-order valence-corrected chi connectivity index (χ0v) is 19.4. The lowest BCUT2D eigenvalue weighted by Gasteiger charge is -2.35. The molecule has 2 rings (SSSR count). The van der Waals surface area contributed by atoms with Crippen LogP contribution in [0.25, 0.3) is 0 Å². The van der Waals surface area contributed by atoms with E-state index >= 15 is 0 Å². The molecule has 1 N–H and O–H groups in total. The Bertz CT molecular complexity index is 815. The Morgan fingerprint density at radius 2 is 2.00 bits per heavy atom. The maximum atomic E-state index is 12.7. The van der Waals surface area contributed by atoms with Gasteiger partial charge in [0.25, 0.3) is 5.91 Å². The quantitative estimate of drug-likeness (QED) is 0.688. The Balaban J connectivity index is 2.21. The van der Waals surface area contributed by atoms with Crippen LogP contribution in [0.15, 0.2) is 18.2 Å². The average molecular weight is 425 g/mol. The van der Waals surface area contributed by atoms with Gasteiger partial charge in [-0.05, 0) is 35.4 Å².